The fourth-order valence-electron chi connectivity index (χ4n) is 1.73. The van der Waals surface area contributed by atoms with Crippen LogP contribution in [0.2, 0.25) is 0 Å². The van der Waals surface area contributed by atoms with Crippen LogP contribution in [0.5, 0.6) is 0 Å². The van der Waals surface area contributed by atoms with Crippen molar-refractivity contribution in [3.63, 3.8) is 0 Å². The lowest BCUT2D eigenvalue weighted by molar-refractivity contribution is -0.137. The molecule has 88 valence electrons. The van der Waals surface area contributed by atoms with E-state index in [9.17, 15) is 9.18 Å². The van der Waals surface area contributed by atoms with E-state index in [1.165, 1.54) is 6.92 Å². The van der Waals surface area contributed by atoms with Gasteiger partial charge in [0, 0.05) is 12.8 Å². The van der Waals surface area contributed by atoms with Gasteiger partial charge in [0.15, 0.2) is 0 Å². The standard InChI is InChI=1S/C13H17FO2/c1-10(14)9-12-6-3-2-5-11(12)7-4-8-13(15)16/h2-3,5-6,10H,4,7-9H2,1H3,(H,15,16). The molecule has 0 saturated heterocycles. The van der Waals surface area contributed by atoms with Gasteiger partial charge in [0.1, 0.15) is 6.17 Å². The minimum atomic E-state index is -0.861. The Balaban J connectivity index is 2.60. The second-order valence-corrected chi connectivity index (χ2v) is 4.00. The van der Waals surface area contributed by atoms with E-state index in [0.29, 0.717) is 19.3 Å². The second-order valence-electron chi connectivity index (χ2n) is 4.00. The number of alkyl halides is 1. The van der Waals surface area contributed by atoms with Gasteiger partial charge in [-0.1, -0.05) is 24.3 Å². The highest BCUT2D eigenvalue weighted by atomic mass is 19.1. The normalized spacial score (nSPS) is 12.4. The lowest BCUT2D eigenvalue weighted by Crippen LogP contribution is -2.03. The van der Waals surface area contributed by atoms with E-state index in [2.05, 4.69) is 0 Å². The molecule has 0 aliphatic rings. The third-order valence-corrected chi connectivity index (χ3v) is 2.46. The van der Waals surface area contributed by atoms with Gasteiger partial charge < -0.3 is 5.11 Å². The maximum absolute atomic E-state index is 12.9. The highest BCUT2D eigenvalue weighted by molar-refractivity contribution is 5.66. The van der Waals surface area contributed by atoms with Crippen LogP contribution in [0.1, 0.15) is 30.9 Å². The highest BCUT2D eigenvalue weighted by Gasteiger charge is 2.06. The van der Waals surface area contributed by atoms with Gasteiger partial charge in [0.05, 0.1) is 0 Å². The smallest absolute Gasteiger partial charge is 0.303 e. The molecule has 0 amide bonds. The molecule has 1 aromatic rings. The van der Waals surface area contributed by atoms with Crippen molar-refractivity contribution in [3.05, 3.63) is 35.4 Å². The van der Waals surface area contributed by atoms with Crippen LogP contribution in [0.4, 0.5) is 4.39 Å². The number of benzene rings is 1. The van der Waals surface area contributed by atoms with Gasteiger partial charge in [-0.2, -0.15) is 0 Å². The molecule has 0 spiro atoms. The molecule has 0 radical (unpaired) electrons. The van der Waals surface area contributed by atoms with Gasteiger partial charge in [-0.25, -0.2) is 4.39 Å². The zero-order valence-electron chi connectivity index (χ0n) is 9.45. The van der Waals surface area contributed by atoms with E-state index in [1.54, 1.807) is 0 Å². The third kappa shape index (κ3) is 4.43. The van der Waals surface area contributed by atoms with E-state index in [4.69, 9.17) is 5.11 Å². The van der Waals surface area contributed by atoms with Crippen LogP contribution < -0.4 is 0 Å². The van der Waals surface area contributed by atoms with Crippen molar-refractivity contribution in [2.24, 2.45) is 0 Å². The fraction of sp³-hybridized carbons (Fsp3) is 0.462. The predicted molar refractivity (Wildman–Crippen MR) is 61.3 cm³/mol. The van der Waals surface area contributed by atoms with Gasteiger partial charge >= 0.3 is 5.97 Å². The number of carboxylic acid groups (broad SMARTS) is 1. The molecule has 0 bridgehead atoms. The predicted octanol–water partition coefficient (Wildman–Crippen LogP) is 2.99. The van der Waals surface area contributed by atoms with Crippen LogP contribution in [0.15, 0.2) is 24.3 Å². The molecule has 0 heterocycles. The Bertz CT molecular complexity index is 348. The summed E-state index contributed by atoms with van der Waals surface area (Å²) >= 11 is 0. The summed E-state index contributed by atoms with van der Waals surface area (Å²) in [5, 5.41) is 8.55. The Kier molecular flexibility index (Phi) is 4.96. The van der Waals surface area contributed by atoms with E-state index in [1.807, 2.05) is 24.3 Å². The van der Waals surface area contributed by atoms with Gasteiger partial charge in [-0.15, -0.1) is 0 Å². The molecule has 0 saturated carbocycles. The summed E-state index contributed by atoms with van der Waals surface area (Å²) in [5.74, 6) is -0.781. The van der Waals surface area contributed by atoms with E-state index in [0.717, 1.165) is 11.1 Å². The number of carboxylic acids is 1. The first-order valence-corrected chi connectivity index (χ1v) is 5.52. The quantitative estimate of drug-likeness (QED) is 0.806. The average molecular weight is 224 g/mol. The molecule has 3 heteroatoms. The fourth-order valence-corrected chi connectivity index (χ4v) is 1.73. The Hall–Kier alpha value is -1.38. The maximum Gasteiger partial charge on any atom is 0.303 e. The van der Waals surface area contributed by atoms with Crippen LogP contribution in [0.3, 0.4) is 0 Å². The molecule has 0 aliphatic carbocycles. The molecule has 0 fully saturated rings. The first-order valence-electron chi connectivity index (χ1n) is 5.52. The summed E-state index contributed by atoms with van der Waals surface area (Å²) in [7, 11) is 0. The average Bonchev–Trinajstić information content (AvgIpc) is 2.19. The van der Waals surface area contributed by atoms with E-state index < -0.39 is 12.1 Å². The van der Waals surface area contributed by atoms with Crippen molar-refractivity contribution < 1.29 is 14.3 Å². The largest absolute Gasteiger partial charge is 0.481 e. The number of rotatable bonds is 6. The Morgan fingerprint density at radius 3 is 2.56 bits per heavy atom. The topological polar surface area (TPSA) is 37.3 Å². The van der Waals surface area contributed by atoms with Gasteiger partial charge in [-0.05, 0) is 30.9 Å². The first-order chi connectivity index (χ1) is 7.59. The second kappa shape index (κ2) is 6.26. The summed E-state index contributed by atoms with van der Waals surface area (Å²) in [6.45, 7) is 1.54. The number of aryl methyl sites for hydroxylation is 1. The van der Waals surface area contributed by atoms with E-state index in [-0.39, 0.29) is 6.42 Å². The summed E-state index contributed by atoms with van der Waals surface area (Å²) in [4.78, 5) is 10.4. The number of halogens is 1. The van der Waals surface area contributed by atoms with Crippen LogP contribution in [0.25, 0.3) is 0 Å². The molecule has 1 N–H and O–H groups in total. The summed E-state index contributed by atoms with van der Waals surface area (Å²) in [6.07, 6.45) is 1.02. The molecule has 1 aromatic carbocycles. The van der Waals surface area contributed by atoms with Gasteiger partial charge in [0.2, 0.25) is 0 Å². The summed E-state index contributed by atoms with van der Waals surface area (Å²) < 4.78 is 12.9. The highest BCUT2D eigenvalue weighted by Crippen LogP contribution is 2.15. The Labute approximate surface area is 95.1 Å². The SMILES string of the molecule is CC(F)Cc1ccccc1CCCC(=O)O. The van der Waals surface area contributed by atoms with Crippen LogP contribution in [-0.2, 0) is 17.6 Å². The zero-order chi connectivity index (χ0) is 12.0. The monoisotopic (exact) mass is 224 g/mol. The lowest BCUT2D eigenvalue weighted by Gasteiger charge is -2.09. The van der Waals surface area contributed by atoms with Gasteiger partial charge in [0.25, 0.3) is 0 Å². The van der Waals surface area contributed by atoms with E-state index >= 15 is 0 Å². The molecule has 0 aromatic heterocycles. The molecule has 0 aliphatic heterocycles. The first kappa shape index (κ1) is 12.7. The maximum atomic E-state index is 12.9. The number of carbonyl (C=O) groups is 1. The summed E-state index contributed by atoms with van der Waals surface area (Å²) in [6, 6.07) is 7.65. The summed E-state index contributed by atoms with van der Waals surface area (Å²) in [5.41, 5.74) is 2.05. The molecular weight excluding hydrogens is 207 g/mol. The Morgan fingerprint density at radius 1 is 1.38 bits per heavy atom. The number of hydrogen-bond acceptors (Lipinski definition) is 1. The van der Waals surface area contributed by atoms with Crippen molar-refractivity contribution in [1.82, 2.24) is 0 Å². The van der Waals surface area contributed by atoms with Crippen LogP contribution >= 0.6 is 0 Å². The molecule has 1 unspecified atom stereocenters. The van der Waals surface area contributed by atoms with Crippen molar-refractivity contribution in [2.75, 3.05) is 0 Å². The van der Waals surface area contributed by atoms with Gasteiger partial charge in [-0.3, -0.25) is 4.79 Å². The minimum absolute atomic E-state index is 0.166. The number of aliphatic carboxylic acids is 1. The minimum Gasteiger partial charge on any atom is -0.481 e. The van der Waals surface area contributed by atoms with Crippen LogP contribution in [-0.4, -0.2) is 17.2 Å². The molecule has 16 heavy (non-hydrogen) atoms. The Morgan fingerprint density at radius 2 is 2.00 bits per heavy atom. The molecule has 2 nitrogen and oxygen atoms in total. The molecule has 1 atom stereocenters. The molecular formula is C13H17FO2. The van der Waals surface area contributed by atoms with Crippen molar-refractivity contribution in [3.8, 4) is 0 Å². The number of hydrogen-bond donors (Lipinski definition) is 1. The lowest BCUT2D eigenvalue weighted by atomic mass is 9.98. The zero-order valence-corrected chi connectivity index (χ0v) is 9.45. The third-order valence-electron chi connectivity index (χ3n) is 2.46. The molecule has 1 rings (SSSR count). The van der Waals surface area contributed by atoms with Crippen molar-refractivity contribution >= 4 is 5.97 Å². The van der Waals surface area contributed by atoms with Crippen molar-refractivity contribution in [1.29, 1.82) is 0 Å². The van der Waals surface area contributed by atoms with Crippen LogP contribution in [0, 0.1) is 0 Å². The van der Waals surface area contributed by atoms with Crippen molar-refractivity contribution in [2.45, 2.75) is 38.8 Å².